The Balaban J connectivity index is 1.38. The van der Waals surface area contributed by atoms with Crippen molar-refractivity contribution in [2.45, 2.75) is 63.9 Å². The van der Waals surface area contributed by atoms with Crippen LogP contribution in [0.25, 0.3) is 0 Å². The van der Waals surface area contributed by atoms with Gasteiger partial charge >= 0.3 is 6.03 Å². The van der Waals surface area contributed by atoms with Crippen molar-refractivity contribution < 1.29 is 22.3 Å². The lowest BCUT2D eigenvalue weighted by molar-refractivity contribution is 0.212. The second-order valence-corrected chi connectivity index (χ2v) is 12.5. The molecule has 1 aliphatic rings. The molecule has 2 amide bonds. The lowest BCUT2D eigenvalue weighted by Gasteiger charge is -2.20. The summed E-state index contributed by atoms with van der Waals surface area (Å²) in [6, 6.07) is 16.2. The maximum absolute atomic E-state index is 14.7. The molecule has 0 atom stereocenters. The molecule has 0 bridgehead atoms. The smallest absolute Gasteiger partial charge is 0.322 e. The van der Waals surface area contributed by atoms with Gasteiger partial charge in [0.25, 0.3) is 10.0 Å². The van der Waals surface area contributed by atoms with Gasteiger partial charge in [-0.1, -0.05) is 51.1 Å². The summed E-state index contributed by atoms with van der Waals surface area (Å²) < 4.78 is 48.7. The van der Waals surface area contributed by atoms with Crippen LogP contribution in [-0.4, -0.2) is 26.0 Å². The zero-order valence-corrected chi connectivity index (χ0v) is 24.1. The van der Waals surface area contributed by atoms with Gasteiger partial charge in [0.05, 0.1) is 17.2 Å². The van der Waals surface area contributed by atoms with Crippen molar-refractivity contribution in [1.29, 1.82) is 0 Å². The first-order valence-electron chi connectivity index (χ1n) is 13.3. The molecule has 0 spiro atoms. The van der Waals surface area contributed by atoms with Gasteiger partial charge in [-0.25, -0.2) is 17.6 Å². The summed E-state index contributed by atoms with van der Waals surface area (Å²) in [7, 11) is -4.06. The number of ether oxygens (including phenoxy) is 1. The molecule has 1 aliphatic heterocycles. The Morgan fingerprint density at radius 3 is 2.42 bits per heavy atom. The Hall–Kier alpha value is -3.85. The molecule has 0 aliphatic carbocycles. The van der Waals surface area contributed by atoms with Crippen molar-refractivity contribution in [3.8, 4) is 5.75 Å². The summed E-state index contributed by atoms with van der Waals surface area (Å²) in [5, 5.41) is 2.91. The predicted molar refractivity (Wildman–Crippen MR) is 157 cm³/mol. The summed E-state index contributed by atoms with van der Waals surface area (Å²) in [5.41, 5.74) is 3.29. The number of nitrogens with one attached hydrogen (secondary N) is 2. The van der Waals surface area contributed by atoms with E-state index in [1.165, 1.54) is 35.9 Å². The van der Waals surface area contributed by atoms with Crippen LogP contribution in [0.2, 0.25) is 0 Å². The van der Waals surface area contributed by atoms with Crippen molar-refractivity contribution in [2.24, 2.45) is 0 Å². The number of halogens is 1. The lowest BCUT2D eigenvalue weighted by Crippen LogP contribution is -2.30. The first-order valence-corrected chi connectivity index (χ1v) is 14.8. The number of urea groups is 1. The van der Waals surface area contributed by atoms with Crippen LogP contribution < -0.4 is 14.8 Å². The Bertz CT molecular complexity index is 1500. The number of amides is 2. The second-order valence-electron chi connectivity index (χ2n) is 10.9. The molecule has 2 N–H and O–H groups in total. The Morgan fingerprint density at radius 1 is 1.02 bits per heavy atom. The van der Waals surface area contributed by atoms with Crippen molar-refractivity contribution in [1.82, 2.24) is 4.90 Å². The van der Waals surface area contributed by atoms with Gasteiger partial charge in [-0.2, -0.15) is 0 Å². The number of nitrogens with zero attached hydrogens (tertiary/aromatic N) is 1. The van der Waals surface area contributed by atoms with Crippen LogP contribution in [0.15, 0.2) is 77.7 Å². The number of hydrogen-bond acceptors (Lipinski definition) is 4. The predicted octanol–water partition coefficient (Wildman–Crippen LogP) is 7.21. The summed E-state index contributed by atoms with van der Waals surface area (Å²) in [4.78, 5) is 14.5. The molecule has 0 aromatic heterocycles. The average Bonchev–Trinajstić information content (AvgIpc) is 3.34. The summed E-state index contributed by atoms with van der Waals surface area (Å²) in [5.74, 6) is -0.393. The Kier molecular flexibility index (Phi) is 8.83. The van der Waals surface area contributed by atoms with Crippen LogP contribution in [0, 0.1) is 5.82 Å². The van der Waals surface area contributed by atoms with E-state index in [1.807, 2.05) is 43.3 Å². The van der Waals surface area contributed by atoms with Crippen LogP contribution in [0.5, 0.6) is 5.75 Å². The van der Waals surface area contributed by atoms with Gasteiger partial charge in [0, 0.05) is 24.8 Å². The molecule has 212 valence electrons. The highest BCUT2D eigenvalue weighted by atomic mass is 32.2. The molecule has 0 fully saturated rings. The third kappa shape index (κ3) is 7.21. The molecule has 7 nitrogen and oxygen atoms in total. The third-order valence-corrected chi connectivity index (χ3v) is 8.07. The fourth-order valence-corrected chi connectivity index (χ4v) is 5.49. The quantitative estimate of drug-likeness (QED) is 0.212. The van der Waals surface area contributed by atoms with E-state index in [2.05, 4.69) is 30.8 Å². The Morgan fingerprint density at radius 2 is 1.75 bits per heavy atom. The minimum Gasteiger partial charge on any atom is -0.493 e. The second kappa shape index (κ2) is 12.1. The van der Waals surface area contributed by atoms with Crippen LogP contribution in [0.3, 0.4) is 0 Å². The molecular formula is C31H36FN3O4S. The molecule has 0 saturated carbocycles. The monoisotopic (exact) mass is 565 g/mol. The lowest BCUT2D eigenvalue weighted by atomic mass is 9.87. The number of carbonyl (C=O) groups is 1. The first kappa shape index (κ1) is 29.1. The van der Waals surface area contributed by atoms with E-state index in [9.17, 15) is 17.6 Å². The van der Waals surface area contributed by atoms with E-state index in [1.54, 1.807) is 11.0 Å². The largest absolute Gasteiger partial charge is 0.493 e. The normalized spacial score (nSPS) is 13.4. The number of carbonyl (C=O) groups excluding carboxylic acids is 1. The molecule has 0 radical (unpaired) electrons. The molecule has 4 rings (SSSR count). The van der Waals surface area contributed by atoms with Crippen LogP contribution >= 0.6 is 0 Å². The number of hydrogen-bond donors (Lipinski definition) is 2. The fourth-order valence-electron chi connectivity index (χ4n) is 4.37. The highest BCUT2D eigenvalue weighted by Crippen LogP contribution is 2.29. The molecule has 0 saturated heterocycles. The standard InChI is InChI=1S/C31H36FN3O4S/c1-5-6-7-8-17-39-26-14-16-29(28(32)19-26)34-40(37,38)27-15-9-22-20-35(21-23(22)18-27)30(36)33-25-12-10-24(11-13-25)31(2,3)4/h5-6,9-16,18-19,34H,7-8,17,20-21H2,1-4H3,(H,33,36)/b6-5-. The topological polar surface area (TPSA) is 87.7 Å². The van der Waals surface area contributed by atoms with E-state index in [0.717, 1.165) is 24.0 Å². The number of sulfonamides is 1. The number of allylic oxidation sites excluding steroid dienone is 2. The number of fused-ring (bicyclic) bond motifs is 1. The molecule has 9 heteroatoms. The number of rotatable bonds is 9. The number of anilines is 2. The minimum absolute atomic E-state index is 0.00465. The highest BCUT2D eigenvalue weighted by molar-refractivity contribution is 7.92. The molecular weight excluding hydrogens is 529 g/mol. The SMILES string of the molecule is C/C=C\CCCOc1ccc(NS(=O)(=O)c2ccc3c(c2)CN(C(=O)Nc2ccc(C(C)(C)C)cc2)C3)c(F)c1. The third-order valence-electron chi connectivity index (χ3n) is 6.70. The molecule has 3 aromatic carbocycles. The van der Waals surface area contributed by atoms with Gasteiger partial charge in [-0.05, 0) is 78.3 Å². The van der Waals surface area contributed by atoms with E-state index in [0.29, 0.717) is 24.6 Å². The first-order chi connectivity index (χ1) is 19.0. The average molecular weight is 566 g/mol. The van der Waals surface area contributed by atoms with Crippen molar-refractivity contribution in [3.63, 3.8) is 0 Å². The van der Waals surface area contributed by atoms with Gasteiger partial charge < -0.3 is 15.0 Å². The molecule has 0 unspecified atom stereocenters. The summed E-state index contributed by atoms with van der Waals surface area (Å²) in [6.45, 7) is 9.39. The Labute approximate surface area is 236 Å². The summed E-state index contributed by atoms with van der Waals surface area (Å²) >= 11 is 0. The zero-order valence-electron chi connectivity index (χ0n) is 23.3. The van der Waals surface area contributed by atoms with Crippen LogP contribution in [0.1, 0.15) is 57.2 Å². The zero-order chi connectivity index (χ0) is 28.9. The maximum atomic E-state index is 14.7. The maximum Gasteiger partial charge on any atom is 0.322 e. The summed E-state index contributed by atoms with van der Waals surface area (Å²) in [6.07, 6.45) is 5.65. The fraction of sp³-hybridized carbons (Fsp3) is 0.323. The highest BCUT2D eigenvalue weighted by Gasteiger charge is 2.26. The van der Waals surface area contributed by atoms with Gasteiger partial charge in [0.2, 0.25) is 0 Å². The molecule has 1 heterocycles. The van der Waals surface area contributed by atoms with Gasteiger partial charge in [0.1, 0.15) is 5.75 Å². The number of unbranched alkanes of at least 4 members (excludes halogenated alkanes) is 1. The molecule has 40 heavy (non-hydrogen) atoms. The number of benzene rings is 3. The van der Waals surface area contributed by atoms with E-state index >= 15 is 0 Å². The minimum atomic E-state index is -4.06. The van der Waals surface area contributed by atoms with Gasteiger partial charge in [0.15, 0.2) is 5.82 Å². The van der Waals surface area contributed by atoms with E-state index in [-0.39, 0.29) is 28.6 Å². The van der Waals surface area contributed by atoms with Gasteiger partial charge in [-0.3, -0.25) is 4.72 Å². The van der Waals surface area contributed by atoms with E-state index < -0.39 is 15.8 Å². The van der Waals surface area contributed by atoms with Crippen molar-refractivity contribution >= 4 is 27.4 Å². The van der Waals surface area contributed by atoms with Crippen molar-refractivity contribution in [3.05, 3.63) is 95.3 Å². The van der Waals surface area contributed by atoms with E-state index in [4.69, 9.17) is 4.74 Å². The van der Waals surface area contributed by atoms with Gasteiger partial charge in [-0.15, -0.1) is 0 Å². The van der Waals surface area contributed by atoms with Crippen LogP contribution in [0.4, 0.5) is 20.6 Å². The van der Waals surface area contributed by atoms with Crippen molar-refractivity contribution in [2.75, 3.05) is 16.6 Å². The van der Waals surface area contributed by atoms with Crippen LogP contribution in [-0.2, 0) is 28.5 Å². The molecule has 3 aromatic rings.